The molecule has 7 rings (SSSR count). The van der Waals surface area contributed by atoms with E-state index in [0.29, 0.717) is 5.02 Å². The van der Waals surface area contributed by atoms with Crippen molar-refractivity contribution in [2.24, 2.45) is 0 Å². The van der Waals surface area contributed by atoms with E-state index in [1.54, 1.807) is 0 Å². The zero-order chi connectivity index (χ0) is 21.9. The highest BCUT2D eigenvalue weighted by atomic mass is 35.5. The van der Waals surface area contributed by atoms with Crippen LogP contribution < -0.4 is 0 Å². The van der Waals surface area contributed by atoms with Gasteiger partial charge in [0.25, 0.3) is 0 Å². The SMILES string of the molecule is Clc1cc(-c2cccc3c2oc2ccccc23)c2oc3c(-c4ccccc4)cccc3c2c1. The van der Waals surface area contributed by atoms with Crippen LogP contribution in [-0.2, 0) is 0 Å². The maximum Gasteiger partial charge on any atom is 0.143 e. The molecule has 3 heteroatoms. The fourth-order valence-electron chi connectivity index (χ4n) is 4.87. The Bertz CT molecular complexity index is 1820. The van der Waals surface area contributed by atoms with Gasteiger partial charge in [-0.1, -0.05) is 96.5 Å². The molecule has 0 atom stereocenters. The fourth-order valence-corrected chi connectivity index (χ4v) is 5.09. The Kier molecular flexibility index (Phi) is 3.93. The quantitative estimate of drug-likeness (QED) is 0.265. The molecule has 0 spiro atoms. The van der Waals surface area contributed by atoms with E-state index in [9.17, 15) is 0 Å². The summed E-state index contributed by atoms with van der Waals surface area (Å²) in [6.45, 7) is 0. The minimum Gasteiger partial charge on any atom is -0.455 e. The molecule has 2 aromatic heterocycles. The Morgan fingerprint density at radius 2 is 1.09 bits per heavy atom. The van der Waals surface area contributed by atoms with Gasteiger partial charge in [-0.2, -0.15) is 0 Å². The molecule has 0 aliphatic heterocycles. The summed E-state index contributed by atoms with van der Waals surface area (Å²) in [5, 5.41) is 4.89. The fraction of sp³-hybridized carbons (Fsp3) is 0. The van der Waals surface area contributed by atoms with E-state index in [2.05, 4.69) is 54.6 Å². The molecule has 156 valence electrons. The van der Waals surface area contributed by atoms with E-state index in [0.717, 1.165) is 66.1 Å². The summed E-state index contributed by atoms with van der Waals surface area (Å²) in [4.78, 5) is 0. The normalized spacial score (nSPS) is 11.8. The number of hydrogen-bond donors (Lipinski definition) is 0. The summed E-state index contributed by atoms with van der Waals surface area (Å²) in [5.74, 6) is 0. The summed E-state index contributed by atoms with van der Waals surface area (Å²) in [6.07, 6.45) is 0. The van der Waals surface area contributed by atoms with Crippen LogP contribution in [0.5, 0.6) is 0 Å². The van der Waals surface area contributed by atoms with Gasteiger partial charge < -0.3 is 8.83 Å². The van der Waals surface area contributed by atoms with Crippen LogP contribution in [0, 0.1) is 0 Å². The van der Waals surface area contributed by atoms with Crippen molar-refractivity contribution in [3.63, 3.8) is 0 Å². The first kappa shape index (κ1) is 18.6. The predicted octanol–water partition coefficient (Wildman–Crippen LogP) is 9.47. The number of furan rings is 2. The van der Waals surface area contributed by atoms with Crippen LogP contribution in [0.3, 0.4) is 0 Å². The molecular formula is C30H17ClO2. The molecule has 33 heavy (non-hydrogen) atoms. The molecule has 0 saturated heterocycles. The Hall–Kier alpha value is -4.01. The van der Waals surface area contributed by atoms with Gasteiger partial charge in [0, 0.05) is 43.3 Å². The topological polar surface area (TPSA) is 26.3 Å². The molecule has 0 aliphatic rings. The Labute approximate surface area is 194 Å². The zero-order valence-electron chi connectivity index (χ0n) is 17.5. The summed E-state index contributed by atoms with van der Waals surface area (Å²) in [6, 6.07) is 34.9. The van der Waals surface area contributed by atoms with Crippen LogP contribution in [0.15, 0.2) is 112 Å². The van der Waals surface area contributed by atoms with Crippen LogP contribution in [0.1, 0.15) is 0 Å². The molecule has 0 amide bonds. The van der Waals surface area contributed by atoms with E-state index < -0.39 is 0 Å². The molecule has 2 nitrogen and oxygen atoms in total. The molecule has 0 fully saturated rings. The summed E-state index contributed by atoms with van der Waals surface area (Å²) >= 11 is 6.65. The number of fused-ring (bicyclic) bond motifs is 6. The highest BCUT2D eigenvalue weighted by Crippen LogP contribution is 2.44. The van der Waals surface area contributed by atoms with Gasteiger partial charge in [0.2, 0.25) is 0 Å². The highest BCUT2D eigenvalue weighted by molar-refractivity contribution is 6.33. The molecule has 0 bridgehead atoms. The monoisotopic (exact) mass is 444 g/mol. The number of para-hydroxylation sites is 3. The lowest BCUT2D eigenvalue weighted by molar-refractivity contribution is 0.665. The molecule has 0 radical (unpaired) electrons. The lowest BCUT2D eigenvalue weighted by atomic mass is 9.99. The standard InChI is InChI=1S/C30H17ClO2/c31-19-16-25-23-13-6-11-20(18-8-2-1-3-9-18)28(23)33-30(25)26(17-19)24-14-7-12-22-21-10-4-5-15-27(21)32-29(22)24/h1-17H. The van der Waals surface area contributed by atoms with Crippen molar-refractivity contribution in [2.45, 2.75) is 0 Å². The molecule has 0 N–H and O–H groups in total. The maximum absolute atomic E-state index is 6.65. The average molecular weight is 445 g/mol. The molecule has 0 saturated carbocycles. The van der Waals surface area contributed by atoms with E-state index in [4.69, 9.17) is 20.4 Å². The van der Waals surface area contributed by atoms with Crippen LogP contribution in [0.2, 0.25) is 5.02 Å². The molecule has 5 aromatic carbocycles. The third-order valence-electron chi connectivity index (χ3n) is 6.34. The first-order valence-corrected chi connectivity index (χ1v) is 11.3. The van der Waals surface area contributed by atoms with Crippen LogP contribution in [0.25, 0.3) is 66.1 Å². The van der Waals surface area contributed by atoms with Crippen LogP contribution >= 0.6 is 11.6 Å². The average Bonchev–Trinajstić information content (AvgIpc) is 3.42. The van der Waals surface area contributed by atoms with Crippen molar-refractivity contribution < 1.29 is 8.83 Å². The van der Waals surface area contributed by atoms with Crippen LogP contribution in [0.4, 0.5) is 0 Å². The summed E-state index contributed by atoms with van der Waals surface area (Å²) < 4.78 is 12.9. The first-order valence-electron chi connectivity index (χ1n) is 10.9. The van der Waals surface area contributed by atoms with Crippen molar-refractivity contribution in [3.8, 4) is 22.3 Å². The second-order valence-electron chi connectivity index (χ2n) is 8.26. The van der Waals surface area contributed by atoms with Gasteiger partial charge >= 0.3 is 0 Å². The number of rotatable bonds is 2. The smallest absolute Gasteiger partial charge is 0.143 e. The molecule has 2 heterocycles. The molecular weight excluding hydrogens is 428 g/mol. The summed E-state index contributed by atoms with van der Waals surface area (Å²) in [5.41, 5.74) is 7.46. The summed E-state index contributed by atoms with van der Waals surface area (Å²) in [7, 11) is 0. The van der Waals surface area contributed by atoms with Gasteiger partial charge in [0.1, 0.15) is 22.3 Å². The van der Waals surface area contributed by atoms with Gasteiger partial charge in [-0.3, -0.25) is 0 Å². The lowest BCUT2D eigenvalue weighted by Crippen LogP contribution is -1.81. The van der Waals surface area contributed by atoms with Crippen molar-refractivity contribution in [2.75, 3.05) is 0 Å². The second-order valence-corrected chi connectivity index (χ2v) is 8.70. The van der Waals surface area contributed by atoms with E-state index in [-0.39, 0.29) is 0 Å². The van der Waals surface area contributed by atoms with Crippen molar-refractivity contribution in [1.82, 2.24) is 0 Å². The van der Waals surface area contributed by atoms with Gasteiger partial charge in [0.15, 0.2) is 0 Å². The number of halogens is 1. The van der Waals surface area contributed by atoms with Gasteiger partial charge in [-0.15, -0.1) is 0 Å². The Morgan fingerprint density at radius 3 is 1.94 bits per heavy atom. The van der Waals surface area contributed by atoms with E-state index >= 15 is 0 Å². The third kappa shape index (κ3) is 2.75. The van der Waals surface area contributed by atoms with E-state index in [1.165, 1.54) is 0 Å². The number of benzene rings is 5. The molecule has 0 aliphatic carbocycles. The zero-order valence-corrected chi connectivity index (χ0v) is 18.3. The van der Waals surface area contributed by atoms with Crippen LogP contribution in [-0.4, -0.2) is 0 Å². The third-order valence-corrected chi connectivity index (χ3v) is 6.56. The second kappa shape index (κ2) is 6.99. The van der Waals surface area contributed by atoms with Crippen molar-refractivity contribution >= 4 is 55.5 Å². The van der Waals surface area contributed by atoms with Gasteiger partial charge in [0.05, 0.1) is 0 Å². The van der Waals surface area contributed by atoms with Crippen molar-refractivity contribution in [3.05, 3.63) is 108 Å². The minimum atomic E-state index is 0.665. The first-order chi connectivity index (χ1) is 16.3. The largest absolute Gasteiger partial charge is 0.455 e. The molecule has 0 unspecified atom stereocenters. The van der Waals surface area contributed by atoms with Gasteiger partial charge in [-0.25, -0.2) is 0 Å². The predicted molar refractivity (Wildman–Crippen MR) is 137 cm³/mol. The van der Waals surface area contributed by atoms with Gasteiger partial charge in [-0.05, 0) is 23.8 Å². The lowest BCUT2D eigenvalue weighted by Gasteiger charge is -2.05. The minimum absolute atomic E-state index is 0.665. The highest BCUT2D eigenvalue weighted by Gasteiger charge is 2.19. The number of hydrogen-bond acceptors (Lipinski definition) is 2. The maximum atomic E-state index is 6.65. The Morgan fingerprint density at radius 1 is 0.455 bits per heavy atom. The van der Waals surface area contributed by atoms with E-state index in [1.807, 2.05) is 48.5 Å². The Balaban J connectivity index is 1.58. The van der Waals surface area contributed by atoms with Crippen molar-refractivity contribution in [1.29, 1.82) is 0 Å². The molecule has 7 aromatic rings.